The lowest BCUT2D eigenvalue weighted by atomic mass is 9.72. The lowest BCUT2D eigenvalue weighted by molar-refractivity contribution is 0.0581. The van der Waals surface area contributed by atoms with Gasteiger partial charge < -0.3 is 4.74 Å². The van der Waals surface area contributed by atoms with E-state index in [4.69, 9.17) is 4.74 Å². The molecule has 3 rings (SSSR count). The molecule has 0 spiro atoms. The molecule has 2 aromatic carbocycles. The molecule has 0 N–H and O–H groups in total. The van der Waals surface area contributed by atoms with Crippen LogP contribution in [-0.4, -0.2) is 25.6 Å². The van der Waals surface area contributed by atoms with Crippen LogP contribution in [0.15, 0.2) is 36.4 Å². The molecule has 0 bridgehead atoms. The van der Waals surface area contributed by atoms with E-state index in [1.165, 1.54) is 30.0 Å². The molecule has 2 aromatic rings. The van der Waals surface area contributed by atoms with Crippen LogP contribution in [0.4, 0.5) is 4.39 Å². The highest BCUT2D eigenvalue weighted by atomic mass is 19.1. The number of likely N-dealkylation sites (tertiary alicyclic amines) is 1. The highest BCUT2D eigenvalue weighted by molar-refractivity contribution is 5.71. The minimum absolute atomic E-state index is 0.142. The second kappa shape index (κ2) is 7.40. The fourth-order valence-corrected chi connectivity index (χ4v) is 4.45. The van der Waals surface area contributed by atoms with E-state index in [1.807, 2.05) is 6.07 Å². The van der Waals surface area contributed by atoms with Crippen molar-refractivity contribution in [3.05, 3.63) is 53.3 Å². The van der Waals surface area contributed by atoms with Crippen LogP contribution < -0.4 is 4.74 Å². The van der Waals surface area contributed by atoms with Crippen LogP contribution in [0.5, 0.6) is 5.75 Å². The van der Waals surface area contributed by atoms with Crippen LogP contribution in [0.2, 0.25) is 0 Å². The zero-order valence-electron chi connectivity index (χ0n) is 16.6. The van der Waals surface area contributed by atoms with Crippen molar-refractivity contribution in [1.29, 1.82) is 0 Å². The number of methoxy groups -OCH3 is 1. The molecule has 1 heterocycles. The van der Waals surface area contributed by atoms with Crippen molar-refractivity contribution >= 4 is 0 Å². The van der Waals surface area contributed by atoms with Crippen LogP contribution >= 0.6 is 0 Å². The number of halogens is 1. The number of benzene rings is 2. The van der Waals surface area contributed by atoms with E-state index < -0.39 is 0 Å². The van der Waals surface area contributed by atoms with Crippen molar-refractivity contribution < 1.29 is 9.13 Å². The molecular formula is C23H30FNO. The SMILES string of the molecule is CCc1ccc(-c2cc(OC)ccc2F)c(C2N(C)CCCC2(C)C)c1. The van der Waals surface area contributed by atoms with E-state index in [0.29, 0.717) is 11.3 Å². The number of nitrogens with zero attached hydrogens (tertiary/aromatic N) is 1. The van der Waals surface area contributed by atoms with E-state index in [-0.39, 0.29) is 17.3 Å². The van der Waals surface area contributed by atoms with Gasteiger partial charge in [-0.05, 0) is 73.2 Å². The standard InChI is InChI=1S/C23H30FNO/c1-6-16-8-10-18(19-15-17(26-5)9-11-21(19)24)20(14-16)22-23(2,3)12-7-13-25(22)4/h8-11,14-15,22H,6-7,12-13H2,1-5H3. The van der Waals surface area contributed by atoms with Crippen molar-refractivity contribution in [2.24, 2.45) is 5.41 Å². The van der Waals surface area contributed by atoms with Crippen molar-refractivity contribution in [3.8, 4) is 16.9 Å². The van der Waals surface area contributed by atoms with Gasteiger partial charge in [-0.25, -0.2) is 4.39 Å². The van der Waals surface area contributed by atoms with Crippen LogP contribution in [0, 0.1) is 11.2 Å². The third kappa shape index (κ3) is 3.50. The lowest BCUT2D eigenvalue weighted by Gasteiger charge is -2.46. The van der Waals surface area contributed by atoms with Crippen molar-refractivity contribution in [2.75, 3.05) is 20.7 Å². The molecule has 140 valence electrons. The topological polar surface area (TPSA) is 12.5 Å². The molecule has 0 aliphatic carbocycles. The number of aryl methyl sites for hydroxylation is 1. The Morgan fingerprint density at radius 1 is 1.15 bits per heavy atom. The van der Waals surface area contributed by atoms with E-state index in [0.717, 1.165) is 18.5 Å². The highest BCUT2D eigenvalue weighted by Crippen LogP contribution is 2.47. The Hall–Kier alpha value is -1.87. The summed E-state index contributed by atoms with van der Waals surface area (Å²) in [6, 6.07) is 11.7. The normalized spacial score (nSPS) is 20.2. The first-order valence-corrected chi connectivity index (χ1v) is 9.54. The minimum atomic E-state index is -0.201. The van der Waals surface area contributed by atoms with Gasteiger partial charge in [-0.3, -0.25) is 4.90 Å². The molecular weight excluding hydrogens is 325 g/mol. The first-order chi connectivity index (χ1) is 12.4. The summed E-state index contributed by atoms with van der Waals surface area (Å²) in [6.07, 6.45) is 3.36. The molecule has 1 fully saturated rings. The minimum Gasteiger partial charge on any atom is -0.497 e. The van der Waals surface area contributed by atoms with Gasteiger partial charge in [-0.2, -0.15) is 0 Å². The molecule has 1 atom stereocenters. The highest BCUT2D eigenvalue weighted by Gasteiger charge is 2.38. The molecule has 0 amide bonds. The lowest BCUT2D eigenvalue weighted by Crippen LogP contribution is -2.41. The van der Waals surface area contributed by atoms with Crippen LogP contribution in [0.1, 0.15) is 50.8 Å². The number of ether oxygens (including phenoxy) is 1. The molecule has 0 radical (unpaired) electrons. The van der Waals surface area contributed by atoms with Crippen molar-refractivity contribution in [2.45, 2.75) is 46.1 Å². The summed E-state index contributed by atoms with van der Waals surface area (Å²) in [5, 5.41) is 0. The van der Waals surface area contributed by atoms with Crippen LogP contribution in [0.25, 0.3) is 11.1 Å². The van der Waals surface area contributed by atoms with Crippen LogP contribution in [0.3, 0.4) is 0 Å². The Balaban J connectivity index is 2.21. The maximum absolute atomic E-state index is 14.7. The third-order valence-corrected chi connectivity index (χ3v) is 5.80. The Morgan fingerprint density at radius 2 is 1.92 bits per heavy atom. The van der Waals surface area contributed by atoms with E-state index in [2.05, 4.69) is 50.9 Å². The van der Waals surface area contributed by atoms with Gasteiger partial charge in [-0.15, -0.1) is 0 Å². The number of piperidine rings is 1. The fraction of sp³-hybridized carbons (Fsp3) is 0.478. The number of hydrogen-bond acceptors (Lipinski definition) is 2. The summed E-state index contributed by atoms with van der Waals surface area (Å²) in [4.78, 5) is 2.43. The molecule has 1 saturated heterocycles. The van der Waals surface area contributed by atoms with Gasteiger partial charge in [0.25, 0.3) is 0 Å². The second-order valence-electron chi connectivity index (χ2n) is 8.10. The maximum atomic E-state index is 14.7. The fourth-order valence-electron chi connectivity index (χ4n) is 4.45. The van der Waals surface area contributed by atoms with Gasteiger partial charge >= 0.3 is 0 Å². The maximum Gasteiger partial charge on any atom is 0.131 e. The summed E-state index contributed by atoms with van der Waals surface area (Å²) < 4.78 is 20.1. The molecule has 3 heteroatoms. The molecule has 2 nitrogen and oxygen atoms in total. The summed E-state index contributed by atoms with van der Waals surface area (Å²) >= 11 is 0. The Kier molecular flexibility index (Phi) is 5.38. The smallest absolute Gasteiger partial charge is 0.131 e. The molecule has 1 aliphatic rings. The molecule has 1 aliphatic heterocycles. The predicted octanol–water partition coefficient (Wildman–Crippen LogP) is 5.86. The van der Waals surface area contributed by atoms with Crippen molar-refractivity contribution in [1.82, 2.24) is 4.90 Å². The zero-order chi connectivity index (χ0) is 18.9. The predicted molar refractivity (Wildman–Crippen MR) is 106 cm³/mol. The summed E-state index contributed by atoms with van der Waals surface area (Å²) in [5.74, 6) is 0.482. The number of hydrogen-bond donors (Lipinski definition) is 0. The van der Waals surface area contributed by atoms with Crippen molar-refractivity contribution in [3.63, 3.8) is 0 Å². The quantitative estimate of drug-likeness (QED) is 0.681. The van der Waals surface area contributed by atoms with Gasteiger partial charge in [-0.1, -0.05) is 39.0 Å². The molecule has 1 unspecified atom stereocenters. The molecule has 0 saturated carbocycles. The van der Waals surface area contributed by atoms with Gasteiger partial charge in [0.15, 0.2) is 0 Å². The van der Waals surface area contributed by atoms with E-state index in [9.17, 15) is 4.39 Å². The second-order valence-corrected chi connectivity index (χ2v) is 8.10. The first-order valence-electron chi connectivity index (χ1n) is 9.54. The first kappa shape index (κ1) is 18.9. The van der Waals surface area contributed by atoms with Gasteiger partial charge in [0.2, 0.25) is 0 Å². The average molecular weight is 355 g/mol. The summed E-state index contributed by atoms with van der Waals surface area (Å²) in [7, 11) is 3.81. The molecule has 0 aromatic heterocycles. The molecule has 26 heavy (non-hydrogen) atoms. The summed E-state index contributed by atoms with van der Waals surface area (Å²) in [5.41, 5.74) is 4.26. The van der Waals surface area contributed by atoms with E-state index in [1.54, 1.807) is 13.2 Å². The number of rotatable bonds is 4. The Labute approximate surface area is 157 Å². The van der Waals surface area contributed by atoms with E-state index >= 15 is 0 Å². The third-order valence-electron chi connectivity index (χ3n) is 5.80. The average Bonchev–Trinajstić information content (AvgIpc) is 2.61. The van der Waals surface area contributed by atoms with Crippen LogP contribution in [-0.2, 0) is 6.42 Å². The monoisotopic (exact) mass is 355 g/mol. The largest absolute Gasteiger partial charge is 0.497 e. The Bertz CT molecular complexity index is 784. The van der Waals surface area contributed by atoms with Gasteiger partial charge in [0.1, 0.15) is 11.6 Å². The Morgan fingerprint density at radius 3 is 2.58 bits per heavy atom. The zero-order valence-corrected chi connectivity index (χ0v) is 16.6. The van der Waals surface area contributed by atoms with Gasteiger partial charge in [0, 0.05) is 11.6 Å². The summed E-state index contributed by atoms with van der Waals surface area (Å²) in [6.45, 7) is 7.90. The van der Waals surface area contributed by atoms with Gasteiger partial charge in [0.05, 0.1) is 7.11 Å².